The van der Waals surface area contributed by atoms with E-state index in [1.54, 1.807) is 10.7 Å². The quantitative estimate of drug-likeness (QED) is 0.845. The fourth-order valence-corrected chi connectivity index (χ4v) is 3.82. The summed E-state index contributed by atoms with van der Waals surface area (Å²) in [6.45, 7) is 4.10. The molecule has 4 rings (SSSR count). The predicted molar refractivity (Wildman–Crippen MR) is 87.6 cm³/mol. The van der Waals surface area contributed by atoms with Crippen molar-refractivity contribution in [2.24, 2.45) is 0 Å². The lowest BCUT2D eigenvalue weighted by Crippen LogP contribution is -2.37. The number of aryl methyl sites for hydroxylation is 3. The van der Waals surface area contributed by atoms with Crippen molar-refractivity contribution < 1.29 is 4.52 Å². The van der Waals surface area contributed by atoms with E-state index in [1.807, 2.05) is 6.92 Å². The Balaban J connectivity index is 1.50. The molecule has 2 aliphatic rings. The summed E-state index contributed by atoms with van der Waals surface area (Å²) in [4.78, 5) is 19.0. The van der Waals surface area contributed by atoms with Gasteiger partial charge in [-0.15, -0.1) is 0 Å². The van der Waals surface area contributed by atoms with Crippen molar-refractivity contribution in [3.05, 3.63) is 39.4 Å². The van der Waals surface area contributed by atoms with E-state index in [0.29, 0.717) is 30.8 Å². The number of nitrogens with zero attached hydrogens (tertiary/aromatic N) is 5. The maximum atomic E-state index is 12.4. The number of fused-ring (bicyclic) bond motifs is 1. The van der Waals surface area contributed by atoms with Crippen LogP contribution in [0.2, 0.25) is 0 Å². The molecule has 7 heteroatoms. The van der Waals surface area contributed by atoms with E-state index in [1.165, 1.54) is 6.42 Å². The highest BCUT2D eigenvalue weighted by molar-refractivity contribution is 5.20. The smallest absolute Gasteiger partial charge is 0.267 e. The second-order valence-corrected chi connectivity index (χ2v) is 6.85. The standard InChI is InChI=1S/C17H23N5O2/c1-12-18-16(24-20-12)11-21-8-4-6-14(21)10-22-17(23)9-13-5-2-3-7-15(13)19-22/h9,14H,2-8,10-11H2,1H3. The Morgan fingerprint density at radius 3 is 3.00 bits per heavy atom. The van der Waals surface area contributed by atoms with E-state index in [4.69, 9.17) is 4.52 Å². The van der Waals surface area contributed by atoms with E-state index in [2.05, 4.69) is 20.1 Å². The van der Waals surface area contributed by atoms with Gasteiger partial charge in [0.25, 0.3) is 5.56 Å². The highest BCUT2D eigenvalue weighted by Crippen LogP contribution is 2.21. The van der Waals surface area contributed by atoms with Gasteiger partial charge in [0, 0.05) is 12.1 Å². The van der Waals surface area contributed by atoms with Gasteiger partial charge in [0.15, 0.2) is 5.82 Å². The van der Waals surface area contributed by atoms with E-state index in [-0.39, 0.29) is 5.56 Å². The van der Waals surface area contributed by atoms with Gasteiger partial charge < -0.3 is 4.52 Å². The third kappa shape index (κ3) is 3.13. The minimum Gasteiger partial charge on any atom is -0.338 e. The van der Waals surface area contributed by atoms with E-state index < -0.39 is 0 Å². The summed E-state index contributed by atoms with van der Waals surface area (Å²) in [5.41, 5.74) is 2.28. The monoisotopic (exact) mass is 329 g/mol. The van der Waals surface area contributed by atoms with Crippen LogP contribution in [-0.2, 0) is 25.9 Å². The Kier molecular flexibility index (Phi) is 4.18. The van der Waals surface area contributed by atoms with E-state index in [9.17, 15) is 4.79 Å². The van der Waals surface area contributed by atoms with Crippen LogP contribution in [0.25, 0.3) is 0 Å². The van der Waals surface area contributed by atoms with Gasteiger partial charge in [-0.05, 0) is 57.6 Å². The van der Waals surface area contributed by atoms with Gasteiger partial charge in [-0.25, -0.2) is 4.68 Å². The number of aromatic nitrogens is 4. The van der Waals surface area contributed by atoms with Crippen LogP contribution in [0.15, 0.2) is 15.4 Å². The van der Waals surface area contributed by atoms with Crippen molar-refractivity contribution in [3.63, 3.8) is 0 Å². The number of hydrogen-bond acceptors (Lipinski definition) is 6. The Hall–Kier alpha value is -2.02. The molecule has 0 aromatic carbocycles. The van der Waals surface area contributed by atoms with Crippen LogP contribution < -0.4 is 5.56 Å². The normalized spacial score (nSPS) is 21.1. The summed E-state index contributed by atoms with van der Waals surface area (Å²) < 4.78 is 6.89. The van der Waals surface area contributed by atoms with Crippen molar-refractivity contribution in [1.82, 2.24) is 24.8 Å². The summed E-state index contributed by atoms with van der Waals surface area (Å²) >= 11 is 0. The Bertz CT molecular complexity index is 782. The van der Waals surface area contributed by atoms with Crippen molar-refractivity contribution >= 4 is 0 Å². The third-order valence-electron chi connectivity index (χ3n) is 5.06. The topological polar surface area (TPSA) is 77.0 Å². The molecule has 0 bridgehead atoms. The fourth-order valence-electron chi connectivity index (χ4n) is 3.82. The van der Waals surface area contributed by atoms with Gasteiger partial charge in [-0.2, -0.15) is 10.1 Å². The molecule has 128 valence electrons. The van der Waals surface area contributed by atoms with E-state index in [0.717, 1.165) is 49.9 Å². The molecule has 1 atom stereocenters. The molecule has 1 saturated heterocycles. The largest absolute Gasteiger partial charge is 0.338 e. The summed E-state index contributed by atoms with van der Waals surface area (Å²) in [5.74, 6) is 1.30. The molecule has 1 aliphatic heterocycles. The molecule has 2 aromatic rings. The lowest BCUT2D eigenvalue weighted by atomic mass is 9.97. The molecule has 24 heavy (non-hydrogen) atoms. The lowest BCUT2D eigenvalue weighted by Gasteiger charge is -2.24. The summed E-state index contributed by atoms with van der Waals surface area (Å²) in [6, 6.07) is 2.09. The third-order valence-corrected chi connectivity index (χ3v) is 5.06. The summed E-state index contributed by atoms with van der Waals surface area (Å²) in [7, 11) is 0. The SMILES string of the molecule is Cc1noc(CN2CCCC2Cn2nc3c(cc2=O)CCCC3)n1. The fraction of sp³-hybridized carbons (Fsp3) is 0.647. The minimum absolute atomic E-state index is 0.0242. The molecule has 3 heterocycles. The van der Waals surface area contributed by atoms with Gasteiger partial charge in [0.05, 0.1) is 18.8 Å². The molecule has 0 spiro atoms. The van der Waals surface area contributed by atoms with Crippen LogP contribution in [-0.4, -0.2) is 37.4 Å². The summed E-state index contributed by atoms with van der Waals surface area (Å²) in [6.07, 6.45) is 6.51. The number of likely N-dealkylation sites (tertiary alicyclic amines) is 1. The lowest BCUT2D eigenvalue weighted by molar-refractivity contribution is 0.189. The van der Waals surface area contributed by atoms with Crippen LogP contribution in [0.1, 0.15) is 48.7 Å². The molecule has 0 saturated carbocycles. The van der Waals surface area contributed by atoms with Gasteiger partial charge in [0.2, 0.25) is 5.89 Å². The maximum absolute atomic E-state index is 12.4. The highest BCUT2D eigenvalue weighted by atomic mass is 16.5. The second-order valence-electron chi connectivity index (χ2n) is 6.85. The Morgan fingerprint density at radius 1 is 1.29 bits per heavy atom. The first kappa shape index (κ1) is 15.5. The van der Waals surface area contributed by atoms with Crippen molar-refractivity contribution in [1.29, 1.82) is 0 Å². The zero-order valence-corrected chi connectivity index (χ0v) is 14.1. The minimum atomic E-state index is 0.0242. The molecular weight excluding hydrogens is 306 g/mol. The van der Waals surface area contributed by atoms with Crippen LogP contribution in [0.4, 0.5) is 0 Å². The molecule has 1 aliphatic carbocycles. The van der Waals surface area contributed by atoms with E-state index >= 15 is 0 Å². The van der Waals surface area contributed by atoms with Gasteiger partial charge in [0.1, 0.15) is 0 Å². The molecular formula is C17H23N5O2. The van der Waals surface area contributed by atoms with Crippen molar-refractivity contribution in [3.8, 4) is 0 Å². The average Bonchev–Trinajstić information content (AvgIpc) is 3.18. The van der Waals surface area contributed by atoms with Gasteiger partial charge in [-0.1, -0.05) is 5.16 Å². The van der Waals surface area contributed by atoms with Crippen molar-refractivity contribution in [2.45, 2.75) is 64.6 Å². The molecule has 0 radical (unpaired) electrons. The zero-order chi connectivity index (χ0) is 16.5. The maximum Gasteiger partial charge on any atom is 0.267 e. The molecule has 7 nitrogen and oxygen atoms in total. The van der Waals surface area contributed by atoms with Crippen molar-refractivity contribution in [2.75, 3.05) is 6.54 Å². The van der Waals surface area contributed by atoms with Gasteiger partial charge in [-0.3, -0.25) is 9.69 Å². The molecule has 2 aromatic heterocycles. The summed E-state index contributed by atoms with van der Waals surface area (Å²) in [5, 5.41) is 8.50. The van der Waals surface area contributed by atoms with Gasteiger partial charge >= 0.3 is 0 Å². The van der Waals surface area contributed by atoms with Crippen LogP contribution in [0.5, 0.6) is 0 Å². The van der Waals surface area contributed by atoms with Crippen LogP contribution >= 0.6 is 0 Å². The number of hydrogen-bond donors (Lipinski definition) is 0. The first-order valence-electron chi connectivity index (χ1n) is 8.82. The Labute approximate surface area is 140 Å². The molecule has 0 N–H and O–H groups in total. The number of rotatable bonds is 4. The van der Waals surface area contributed by atoms with Crippen LogP contribution in [0.3, 0.4) is 0 Å². The first-order chi connectivity index (χ1) is 11.7. The second kappa shape index (κ2) is 6.47. The highest BCUT2D eigenvalue weighted by Gasteiger charge is 2.27. The van der Waals surface area contributed by atoms with Crippen LogP contribution in [0, 0.1) is 6.92 Å². The molecule has 1 unspecified atom stereocenters. The average molecular weight is 329 g/mol. The first-order valence-corrected chi connectivity index (χ1v) is 8.82. The molecule has 0 amide bonds. The predicted octanol–water partition coefficient (Wildman–Crippen LogP) is 1.48. The zero-order valence-electron chi connectivity index (χ0n) is 14.1. The Morgan fingerprint density at radius 2 is 2.17 bits per heavy atom. The molecule has 1 fully saturated rings.